The molecule has 2 N–H and O–H groups in total. The molecule has 262 valence electrons. The van der Waals surface area contributed by atoms with Crippen LogP contribution in [0, 0.1) is 0 Å². The predicted octanol–water partition coefficient (Wildman–Crippen LogP) is 14.8. The first-order valence-electron chi connectivity index (χ1n) is 18.1. The van der Waals surface area contributed by atoms with Gasteiger partial charge in [0.15, 0.2) is 0 Å². The number of H-pyrrole nitrogens is 1. The lowest BCUT2D eigenvalue weighted by Crippen LogP contribution is -1.91. The summed E-state index contributed by atoms with van der Waals surface area (Å²) in [6.45, 7) is 2.00. The molecule has 0 aliphatic carbocycles. The van der Waals surface area contributed by atoms with Crippen molar-refractivity contribution in [1.29, 1.82) is 0 Å². The number of nitrogens with zero attached hydrogens (tertiary/aromatic N) is 1. The van der Waals surface area contributed by atoms with Crippen LogP contribution in [0.15, 0.2) is 217 Å². The van der Waals surface area contributed by atoms with Crippen molar-refractivity contribution >= 4 is 65.8 Å². The van der Waals surface area contributed by atoms with E-state index in [-0.39, 0.29) is 0 Å². The zero-order valence-corrected chi connectivity index (χ0v) is 31.0. The van der Waals surface area contributed by atoms with Gasteiger partial charge in [-0.05, 0) is 78.2 Å². The summed E-state index contributed by atoms with van der Waals surface area (Å²) in [6, 6.07) is 64.7. The minimum atomic E-state index is 0.941. The van der Waals surface area contributed by atoms with Crippen LogP contribution in [0.5, 0.6) is 0 Å². The molecule has 0 atom stereocenters. The summed E-state index contributed by atoms with van der Waals surface area (Å²) in [7, 11) is 0. The van der Waals surface area contributed by atoms with Crippen molar-refractivity contribution in [2.24, 2.45) is 4.99 Å². The van der Waals surface area contributed by atoms with E-state index in [1.54, 1.807) is 0 Å². The maximum Gasteiger partial charge on any atom is 0.0707 e. The van der Waals surface area contributed by atoms with Crippen LogP contribution in [0.2, 0.25) is 0 Å². The molecule has 0 aliphatic rings. The molecule has 0 saturated carbocycles. The highest BCUT2D eigenvalue weighted by Gasteiger charge is 2.12. The Morgan fingerprint density at radius 1 is 0.519 bits per heavy atom. The number of allylic oxidation sites excluding steroid dienone is 4. The fourth-order valence-corrected chi connectivity index (χ4v) is 7.33. The van der Waals surface area contributed by atoms with Gasteiger partial charge in [-0.3, -0.25) is 4.99 Å². The Bertz CT molecular complexity index is 2550. The molecule has 0 fully saturated rings. The number of hydrogen-bond donors (Lipinski definition) is 2. The van der Waals surface area contributed by atoms with Crippen molar-refractivity contribution in [3.63, 3.8) is 0 Å². The van der Waals surface area contributed by atoms with E-state index in [4.69, 9.17) is 0 Å². The summed E-state index contributed by atoms with van der Waals surface area (Å²) in [4.78, 5) is 8.32. The number of rotatable bonds is 7. The van der Waals surface area contributed by atoms with Crippen LogP contribution < -0.4 is 5.32 Å². The first-order valence-corrected chi connectivity index (χ1v) is 18.9. The van der Waals surface area contributed by atoms with Gasteiger partial charge in [-0.15, -0.1) is 11.3 Å². The molecule has 0 aliphatic heterocycles. The van der Waals surface area contributed by atoms with Crippen molar-refractivity contribution in [2.45, 2.75) is 6.92 Å². The highest BCUT2D eigenvalue weighted by atomic mass is 32.1. The van der Waals surface area contributed by atoms with E-state index in [1.807, 2.05) is 134 Å². The van der Waals surface area contributed by atoms with Crippen LogP contribution in [-0.2, 0) is 0 Å². The molecule has 0 unspecified atom stereocenters. The number of nitrogens with one attached hydrogen (secondary N) is 2. The van der Waals surface area contributed by atoms with Gasteiger partial charge in [-0.2, -0.15) is 0 Å². The molecule has 2 aromatic heterocycles. The Morgan fingerprint density at radius 3 is 1.91 bits per heavy atom. The number of hydrogen-bond acceptors (Lipinski definition) is 3. The predicted molar refractivity (Wildman–Crippen MR) is 237 cm³/mol. The third-order valence-corrected chi connectivity index (χ3v) is 9.96. The fraction of sp³-hybridized carbons (Fsp3) is 0.0200. The number of anilines is 2. The van der Waals surface area contributed by atoms with Crippen molar-refractivity contribution in [3.8, 4) is 22.3 Å². The second kappa shape index (κ2) is 18.1. The Hall–Kier alpha value is -6.75. The number of fused-ring (bicyclic) bond motifs is 5. The van der Waals surface area contributed by atoms with E-state index in [9.17, 15) is 0 Å². The Morgan fingerprint density at radius 2 is 1.19 bits per heavy atom. The van der Waals surface area contributed by atoms with E-state index < -0.39 is 0 Å². The average Bonchev–Trinajstić information content (AvgIpc) is 3.79. The standard InChI is InChI=1S/C38H29N3S.2C6H6/c1-2-3-4-9-23-39-34-15-7-5-13-31(34)28-11-10-12-30(24-28)40-29-20-17-26(18-21-29)27-19-22-35-33(25-27)38-37(41-35)32-14-6-8-16-36(32)42-38;2*1-2-4-6-5-3-1/h2-25,40-41H,1H3;2*1-6H/b3-2-,9-4-,39-23?;;. The molecule has 9 rings (SSSR count). The largest absolute Gasteiger partial charge is 0.356 e. The number of thiophene rings is 1. The fourth-order valence-electron chi connectivity index (χ4n) is 6.14. The Kier molecular flexibility index (Phi) is 12.0. The molecule has 7 aromatic carbocycles. The number of para-hydroxylation sites is 1. The molecule has 4 heteroatoms. The van der Waals surface area contributed by atoms with E-state index in [1.165, 1.54) is 42.3 Å². The third kappa shape index (κ3) is 8.99. The van der Waals surface area contributed by atoms with E-state index in [0.29, 0.717) is 0 Å². The summed E-state index contributed by atoms with van der Waals surface area (Å²) in [5.74, 6) is 0. The minimum Gasteiger partial charge on any atom is -0.356 e. The zero-order valence-electron chi connectivity index (χ0n) is 30.1. The number of aliphatic imine (C=N–C) groups is 1. The molecule has 0 spiro atoms. The molecular formula is C50H41N3S. The van der Waals surface area contributed by atoms with Crippen LogP contribution in [0.25, 0.3) is 53.5 Å². The zero-order chi connectivity index (χ0) is 36.8. The van der Waals surface area contributed by atoms with Crippen molar-refractivity contribution in [2.75, 3.05) is 5.32 Å². The number of aromatic amines is 1. The SMILES string of the molecule is C/C=C\C=C/C=Nc1ccccc1-c1cccc(Nc2ccc(-c3ccc4[nH]c5c6ccccc6sc5c4c3)cc2)c1.c1ccccc1.c1ccccc1. The molecule has 54 heavy (non-hydrogen) atoms. The second-order valence-corrected chi connectivity index (χ2v) is 13.5. The van der Waals surface area contributed by atoms with Crippen molar-refractivity contribution in [1.82, 2.24) is 4.98 Å². The lowest BCUT2D eigenvalue weighted by atomic mass is 10.0. The van der Waals surface area contributed by atoms with E-state index in [2.05, 4.69) is 118 Å². The smallest absolute Gasteiger partial charge is 0.0707 e. The molecule has 9 aromatic rings. The third-order valence-electron chi connectivity index (χ3n) is 8.75. The summed E-state index contributed by atoms with van der Waals surface area (Å²) in [5.41, 5.74) is 10.1. The molecule has 0 amide bonds. The van der Waals surface area contributed by atoms with Gasteiger partial charge >= 0.3 is 0 Å². The van der Waals surface area contributed by atoms with Gasteiger partial charge in [-0.25, -0.2) is 0 Å². The minimum absolute atomic E-state index is 0.941. The first kappa shape index (κ1) is 35.6. The highest BCUT2D eigenvalue weighted by molar-refractivity contribution is 7.26. The maximum atomic E-state index is 4.68. The van der Waals surface area contributed by atoms with Gasteiger partial charge in [0, 0.05) is 44.1 Å². The summed E-state index contributed by atoms with van der Waals surface area (Å²) in [5, 5.41) is 6.16. The monoisotopic (exact) mass is 715 g/mol. The van der Waals surface area contributed by atoms with Crippen LogP contribution in [0.1, 0.15) is 6.92 Å². The average molecular weight is 716 g/mol. The van der Waals surface area contributed by atoms with E-state index >= 15 is 0 Å². The second-order valence-electron chi connectivity index (χ2n) is 12.5. The summed E-state index contributed by atoms with van der Waals surface area (Å²) in [6.07, 6.45) is 9.74. The van der Waals surface area contributed by atoms with Crippen LogP contribution in [0.3, 0.4) is 0 Å². The van der Waals surface area contributed by atoms with Gasteiger partial charge in [0.05, 0.1) is 15.9 Å². The Balaban J connectivity index is 0.000000319. The molecule has 0 radical (unpaired) electrons. The van der Waals surface area contributed by atoms with Gasteiger partial charge in [0.2, 0.25) is 0 Å². The number of aromatic nitrogens is 1. The summed E-state index contributed by atoms with van der Waals surface area (Å²) < 4.78 is 2.64. The molecule has 0 saturated heterocycles. The quantitative estimate of drug-likeness (QED) is 0.125. The van der Waals surface area contributed by atoms with Gasteiger partial charge in [0.1, 0.15) is 0 Å². The van der Waals surface area contributed by atoms with Crippen LogP contribution in [0.4, 0.5) is 17.1 Å². The normalized spacial score (nSPS) is 11.2. The lowest BCUT2D eigenvalue weighted by Gasteiger charge is -2.11. The van der Waals surface area contributed by atoms with Gasteiger partial charge in [0.25, 0.3) is 0 Å². The first-order chi connectivity index (χ1) is 26.8. The Labute approximate surface area is 321 Å². The molecular weight excluding hydrogens is 675 g/mol. The molecule has 3 nitrogen and oxygen atoms in total. The van der Waals surface area contributed by atoms with Crippen LogP contribution in [-0.4, -0.2) is 11.2 Å². The summed E-state index contributed by atoms with van der Waals surface area (Å²) >= 11 is 1.86. The molecule has 0 bridgehead atoms. The maximum absolute atomic E-state index is 4.68. The van der Waals surface area contributed by atoms with Gasteiger partial charge in [-0.1, -0.05) is 158 Å². The number of benzene rings is 7. The van der Waals surface area contributed by atoms with Crippen molar-refractivity contribution < 1.29 is 0 Å². The van der Waals surface area contributed by atoms with Crippen LogP contribution >= 0.6 is 11.3 Å². The molecule has 2 heterocycles. The van der Waals surface area contributed by atoms with Gasteiger partial charge < -0.3 is 10.3 Å². The van der Waals surface area contributed by atoms with Crippen molar-refractivity contribution in [3.05, 3.63) is 212 Å². The van der Waals surface area contributed by atoms with E-state index in [0.717, 1.165) is 28.2 Å². The lowest BCUT2D eigenvalue weighted by molar-refractivity contribution is 1.50. The topological polar surface area (TPSA) is 40.2 Å². The highest BCUT2D eigenvalue weighted by Crippen LogP contribution is 2.40.